The summed E-state index contributed by atoms with van der Waals surface area (Å²) in [4.78, 5) is 52.1. The molecule has 2 amide bonds. The smallest absolute Gasteiger partial charge is 0.338 e. The zero-order valence-corrected chi connectivity index (χ0v) is 19.4. The highest BCUT2D eigenvalue weighted by molar-refractivity contribution is 6.34. The number of ketones is 1. The van der Waals surface area contributed by atoms with Crippen LogP contribution in [0.25, 0.3) is 11.1 Å². The van der Waals surface area contributed by atoms with Crippen molar-refractivity contribution in [1.82, 2.24) is 0 Å². The molecule has 0 saturated carbocycles. The van der Waals surface area contributed by atoms with Crippen LogP contribution in [-0.2, 0) is 4.74 Å². The van der Waals surface area contributed by atoms with Crippen molar-refractivity contribution in [2.24, 2.45) is 0 Å². The molecule has 0 atom stereocenters. The molecular formula is C30H21NO5. The molecule has 4 aromatic rings. The minimum absolute atomic E-state index is 0.0909. The molecule has 0 bridgehead atoms. The van der Waals surface area contributed by atoms with E-state index < -0.39 is 24.4 Å². The summed E-state index contributed by atoms with van der Waals surface area (Å²) in [6.45, 7) is 1.43. The predicted octanol–water partition coefficient (Wildman–Crippen LogP) is 5.50. The molecule has 36 heavy (non-hydrogen) atoms. The van der Waals surface area contributed by atoms with Gasteiger partial charge in [0.1, 0.15) is 0 Å². The van der Waals surface area contributed by atoms with Crippen molar-refractivity contribution < 1.29 is 23.9 Å². The Morgan fingerprint density at radius 3 is 2.08 bits per heavy atom. The number of hydrogen-bond donors (Lipinski definition) is 0. The first kappa shape index (κ1) is 22.9. The average Bonchev–Trinajstić information content (AvgIpc) is 3.16. The SMILES string of the molecule is Cc1cccc(N2C(=O)c3ccc(C(=O)OCC(=O)c4ccc(-c5ccccc5)cc4)cc3C2=O)c1. The number of Topliss-reactive ketones (excluding diaryl/α,β-unsaturated/α-hetero) is 1. The van der Waals surface area contributed by atoms with Crippen molar-refractivity contribution in [1.29, 1.82) is 0 Å². The number of carbonyl (C=O) groups excluding carboxylic acids is 4. The van der Waals surface area contributed by atoms with Crippen molar-refractivity contribution in [3.8, 4) is 11.1 Å². The number of amides is 2. The lowest BCUT2D eigenvalue weighted by Crippen LogP contribution is -2.29. The van der Waals surface area contributed by atoms with Crippen LogP contribution in [0.2, 0.25) is 0 Å². The summed E-state index contributed by atoms with van der Waals surface area (Å²) in [5, 5.41) is 0. The molecule has 0 radical (unpaired) electrons. The van der Waals surface area contributed by atoms with Crippen LogP contribution in [0.4, 0.5) is 5.69 Å². The van der Waals surface area contributed by atoms with Gasteiger partial charge in [-0.25, -0.2) is 9.69 Å². The van der Waals surface area contributed by atoms with Gasteiger partial charge in [-0.2, -0.15) is 0 Å². The third-order valence-electron chi connectivity index (χ3n) is 6.03. The van der Waals surface area contributed by atoms with Crippen LogP contribution in [0.1, 0.15) is 47.0 Å². The van der Waals surface area contributed by atoms with Gasteiger partial charge in [0.05, 0.1) is 22.4 Å². The summed E-state index contributed by atoms with van der Waals surface area (Å²) >= 11 is 0. The first-order valence-electron chi connectivity index (χ1n) is 11.4. The molecule has 0 N–H and O–H groups in total. The van der Waals surface area contributed by atoms with Gasteiger partial charge in [-0.05, 0) is 53.9 Å². The number of rotatable bonds is 6. The molecule has 0 saturated heterocycles. The molecule has 1 aliphatic heterocycles. The molecule has 5 rings (SSSR count). The van der Waals surface area contributed by atoms with Gasteiger partial charge >= 0.3 is 5.97 Å². The quantitative estimate of drug-likeness (QED) is 0.209. The summed E-state index contributed by atoms with van der Waals surface area (Å²) in [6, 6.07) is 28.1. The number of imide groups is 1. The van der Waals surface area contributed by atoms with Crippen LogP contribution in [-0.4, -0.2) is 30.2 Å². The summed E-state index contributed by atoms with van der Waals surface area (Å²) < 4.78 is 5.21. The molecule has 1 heterocycles. The fourth-order valence-electron chi connectivity index (χ4n) is 4.15. The van der Waals surface area contributed by atoms with Crippen LogP contribution >= 0.6 is 0 Å². The van der Waals surface area contributed by atoms with Gasteiger partial charge in [0, 0.05) is 5.56 Å². The lowest BCUT2D eigenvalue weighted by Gasteiger charge is -2.14. The standard InChI is InChI=1S/C30H21NO5/c1-19-6-5-9-24(16-19)31-28(33)25-15-14-23(17-26(25)29(31)34)30(35)36-18-27(32)22-12-10-21(11-13-22)20-7-3-2-4-8-20/h2-17H,18H2,1H3. The normalized spacial score (nSPS) is 12.4. The first-order chi connectivity index (χ1) is 17.4. The van der Waals surface area contributed by atoms with Crippen LogP contribution in [0.15, 0.2) is 97.1 Å². The Labute approximate surface area is 207 Å². The van der Waals surface area contributed by atoms with Gasteiger partial charge in [0.15, 0.2) is 12.4 Å². The van der Waals surface area contributed by atoms with Crippen LogP contribution < -0.4 is 4.90 Å². The number of ether oxygens (including phenoxy) is 1. The second-order valence-electron chi connectivity index (χ2n) is 8.49. The maximum atomic E-state index is 13.0. The monoisotopic (exact) mass is 475 g/mol. The van der Waals surface area contributed by atoms with E-state index in [0.717, 1.165) is 21.6 Å². The maximum absolute atomic E-state index is 13.0. The number of nitrogens with zero attached hydrogens (tertiary/aromatic N) is 1. The number of esters is 1. The van der Waals surface area contributed by atoms with E-state index in [1.54, 1.807) is 30.3 Å². The Morgan fingerprint density at radius 2 is 1.36 bits per heavy atom. The number of aryl methyl sites for hydroxylation is 1. The average molecular weight is 476 g/mol. The van der Waals surface area contributed by atoms with Crippen LogP contribution in [0.3, 0.4) is 0 Å². The van der Waals surface area contributed by atoms with Crippen LogP contribution in [0.5, 0.6) is 0 Å². The lowest BCUT2D eigenvalue weighted by atomic mass is 10.0. The Kier molecular flexibility index (Phi) is 6.00. The summed E-state index contributed by atoms with van der Waals surface area (Å²) in [5.41, 5.74) is 4.24. The summed E-state index contributed by atoms with van der Waals surface area (Å²) in [7, 11) is 0. The van der Waals surface area contributed by atoms with E-state index in [1.165, 1.54) is 18.2 Å². The summed E-state index contributed by atoms with van der Waals surface area (Å²) in [5.74, 6) is -2.05. The minimum atomic E-state index is -0.749. The minimum Gasteiger partial charge on any atom is -0.454 e. The number of fused-ring (bicyclic) bond motifs is 1. The van der Waals surface area contributed by atoms with Gasteiger partial charge in [0.2, 0.25) is 0 Å². The molecule has 0 spiro atoms. The Hall–Kier alpha value is -4.84. The number of carbonyl (C=O) groups is 4. The number of hydrogen-bond acceptors (Lipinski definition) is 5. The zero-order valence-electron chi connectivity index (χ0n) is 19.4. The number of anilines is 1. The number of benzene rings is 4. The third-order valence-corrected chi connectivity index (χ3v) is 6.03. The fraction of sp³-hybridized carbons (Fsp3) is 0.0667. The second kappa shape index (κ2) is 9.43. The topological polar surface area (TPSA) is 80.8 Å². The molecule has 0 aromatic heterocycles. The molecule has 4 aromatic carbocycles. The van der Waals surface area contributed by atoms with Gasteiger partial charge in [-0.15, -0.1) is 0 Å². The molecule has 6 nitrogen and oxygen atoms in total. The van der Waals surface area contributed by atoms with Crippen molar-refractivity contribution in [3.05, 3.63) is 125 Å². The molecule has 1 aliphatic rings. The molecule has 6 heteroatoms. The highest BCUT2D eigenvalue weighted by Gasteiger charge is 2.37. The molecule has 0 aliphatic carbocycles. The zero-order chi connectivity index (χ0) is 25.2. The van der Waals surface area contributed by atoms with Crippen LogP contribution in [0, 0.1) is 6.92 Å². The predicted molar refractivity (Wildman–Crippen MR) is 135 cm³/mol. The van der Waals surface area contributed by atoms with Crippen molar-refractivity contribution in [2.75, 3.05) is 11.5 Å². The molecule has 0 unspecified atom stereocenters. The van der Waals surface area contributed by atoms with Gasteiger partial charge in [-0.3, -0.25) is 14.4 Å². The maximum Gasteiger partial charge on any atom is 0.338 e. The van der Waals surface area contributed by atoms with E-state index in [1.807, 2.05) is 55.5 Å². The van der Waals surface area contributed by atoms with E-state index in [9.17, 15) is 19.2 Å². The highest BCUT2D eigenvalue weighted by Crippen LogP contribution is 2.29. The Bertz CT molecular complexity index is 1510. The molecular weight excluding hydrogens is 454 g/mol. The van der Waals surface area contributed by atoms with E-state index in [-0.39, 0.29) is 22.5 Å². The largest absolute Gasteiger partial charge is 0.454 e. The van der Waals surface area contributed by atoms with Gasteiger partial charge in [-0.1, -0.05) is 66.7 Å². The van der Waals surface area contributed by atoms with E-state index in [2.05, 4.69) is 0 Å². The van der Waals surface area contributed by atoms with Gasteiger partial charge in [0.25, 0.3) is 11.8 Å². The van der Waals surface area contributed by atoms with Crippen molar-refractivity contribution in [3.63, 3.8) is 0 Å². The Morgan fingerprint density at radius 1 is 0.694 bits per heavy atom. The van der Waals surface area contributed by atoms with Gasteiger partial charge < -0.3 is 4.74 Å². The second-order valence-corrected chi connectivity index (χ2v) is 8.49. The molecule has 176 valence electrons. The van der Waals surface area contributed by atoms with Crippen molar-refractivity contribution in [2.45, 2.75) is 6.92 Å². The fourth-order valence-corrected chi connectivity index (χ4v) is 4.15. The molecule has 0 fully saturated rings. The van der Waals surface area contributed by atoms with E-state index in [0.29, 0.717) is 11.3 Å². The highest BCUT2D eigenvalue weighted by atomic mass is 16.5. The van der Waals surface area contributed by atoms with E-state index >= 15 is 0 Å². The lowest BCUT2D eigenvalue weighted by molar-refractivity contribution is 0.0474. The van der Waals surface area contributed by atoms with E-state index in [4.69, 9.17) is 4.74 Å². The first-order valence-corrected chi connectivity index (χ1v) is 11.4. The van der Waals surface area contributed by atoms with Crippen molar-refractivity contribution >= 4 is 29.3 Å². The summed E-state index contributed by atoms with van der Waals surface area (Å²) in [6.07, 6.45) is 0. The Balaban J connectivity index is 1.27. The third kappa shape index (κ3) is 4.32.